The van der Waals surface area contributed by atoms with Gasteiger partial charge in [0.1, 0.15) is 27.7 Å². The summed E-state index contributed by atoms with van der Waals surface area (Å²) >= 11 is 0. The van der Waals surface area contributed by atoms with Crippen LogP contribution in [0.25, 0.3) is 22.2 Å². The van der Waals surface area contributed by atoms with E-state index in [2.05, 4.69) is 15.0 Å². The minimum Gasteiger partial charge on any atom is -0.493 e. The number of rotatable bonds is 5. The second-order valence-electron chi connectivity index (χ2n) is 5.30. The lowest BCUT2D eigenvalue weighted by Gasteiger charge is -2.01. The van der Waals surface area contributed by atoms with Gasteiger partial charge in [0.05, 0.1) is 29.4 Å². The molecule has 0 bridgehead atoms. The van der Waals surface area contributed by atoms with E-state index in [1.807, 2.05) is 6.07 Å². The molecular weight excluding hydrogens is 330 g/mol. The molecule has 24 heavy (non-hydrogen) atoms. The maximum Gasteiger partial charge on any atom is 0.221 e. The Kier molecular flexibility index (Phi) is 4.30. The zero-order valence-electron chi connectivity index (χ0n) is 12.9. The van der Waals surface area contributed by atoms with Crippen LogP contribution in [0.3, 0.4) is 0 Å². The first-order valence-electron chi connectivity index (χ1n) is 7.14. The number of aromatic hydroxyl groups is 1. The summed E-state index contributed by atoms with van der Waals surface area (Å²) < 4.78 is 27.7. The molecule has 0 atom stereocenters. The lowest BCUT2D eigenvalue weighted by atomic mass is 10.1. The predicted octanol–water partition coefficient (Wildman–Crippen LogP) is 2.06. The van der Waals surface area contributed by atoms with Crippen LogP contribution in [0, 0.1) is 0 Å². The highest BCUT2D eigenvalue weighted by Gasteiger charge is 2.08. The van der Waals surface area contributed by atoms with E-state index in [0.29, 0.717) is 22.4 Å². The highest BCUT2D eigenvalue weighted by molar-refractivity contribution is 7.90. The highest BCUT2D eigenvalue weighted by Crippen LogP contribution is 2.28. The molecule has 0 saturated heterocycles. The lowest BCUT2D eigenvalue weighted by Crippen LogP contribution is -2.05. The van der Waals surface area contributed by atoms with Gasteiger partial charge >= 0.3 is 0 Å². The third-order valence-corrected chi connectivity index (χ3v) is 4.26. The van der Waals surface area contributed by atoms with E-state index >= 15 is 0 Å². The van der Waals surface area contributed by atoms with Gasteiger partial charge in [0.2, 0.25) is 5.88 Å². The fourth-order valence-electron chi connectivity index (χ4n) is 2.15. The van der Waals surface area contributed by atoms with Gasteiger partial charge in [0.15, 0.2) is 0 Å². The average molecular weight is 345 g/mol. The minimum atomic E-state index is -3.02. The maximum absolute atomic E-state index is 11.0. The Balaban J connectivity index is 1.80. The third kappa shape index (κ3) is 3.77. The fraction of sp³-hybridized carbons (Fsp3) is 0.188. The van der Waals surface area contributed by atoms with Crippen molar-refractivity contribution in [2.75, 3.05) is 18.6 Å². The minimum absolute atomic E-state index is 0.00101. The van der Waals surface area contributed by atoms with Gasteiger partial charge in [0, 0.05) is 11.8 Å². The van der Waals surface area contributed by atoms with E-state index in [1.165, 1.54) is 18.8 Å². The summed E-state index contributed by atoms with van der Waals surface area (Å²) in [6, 6.07) is 8.87. The molecule has 0 amide bonds. The second-order valence-corrected chi connectivity index (χ2v) is 7.56. The maximum atomic E-state index is 11.0. The largest absolute Gasteiger partial charge is 0.493 e. The molecule has 8 heteroatoms. The number of sulfone groups is 1. The van der Waals surface area contributed by atoms with Crippen molar-refractivity contribution in [3.8, 4) is 17.2 Å². The van der Waals surface area contributed by atoms with Crippen LogP contribution in [0.15, 0.2) is 46.1 Å². The molecule has 0 unspecified atom stereocenters. The summed E-state index contributed by atoms with van der Waals surface area (Å²) in [5.74, 6) is 1.04. The zero-order chi connectivity index (χ0) is 17.2. The van der Waals surface area contributed by atoms with Gasteiger partial charge in [-0.2, -0.15) is 0 Å². The van der Waals surface area contributed by atoms with Crippen LogP contribution in [0.1, 0.15) is 5.76 Å². The highest BCUT2D eigenvalue weighted by atomic mass is 32.2. The van der Waals surface area contributed by atoms with Crippen LogP contribution in [-0.2, 0) is 9.84 Å². The summed E-state index contributed by atoms with van der Waals surface area (Å²) in [7, 11) is -3.02. The van der Waals surface area contributed by atoms with E-state index in [1.54, 1.807) is 24.3 Å². The van der Waals surface area contributed by atoms with Gasteiger partial charge in [-0.3, -0.25) is 4.99 Å². The standard InChI is InChI=1S/C16H15N3O4S/c1-24(21,22)7-6-17-9-12-3-5-15(23-12)11-2-4-14-13(8-11)16(20)19-10-18-14/h2-5,8-10H,6-7H2,1H3,(H,18,19,20)/b17-9+. The number of furan rings is 1. The Hall–Kier alpha value is -2.74. The van der Waals surface area contributed by atoms with Crippen LogP contribution in [0.4, 0.5) is 0 Å². The number of aromatic nitrogens is 2. The Labute approximate surface area is 138 Å². The zero-order valence-corrected chi connectivity index (χ0v) is 13.7. The van der Waals surface area contributed by atoms with Gasteiger partial charge in [-0.1, -0.05) is 0 Å². The topological polar surface area (TPSA) is 106 Å². The molecule has 2 aromatic heterocycles. The van der Waals surface area contributed by atoms with Crippen molar-refractivity contribution in [1.29, 1.82) is 0 Å². The molecule has 7 nitrogen and oxygen atoms in total. The predicted molar refractivity (Wildman–Crippen MR) is 91.1 cm³/mol. The van der Waals surface area contributed by atoms with Crippen LogP contribution >= 0.6 is 0 Å². The van der Waals surface area contributed by atoms with Crippen molar-refractivity contribution in [1.82, 2.24) is 9.97 Å². The quantitative estimate of drug-likeness (QED) is 0.710. The summed E-state index contributed by atoms with van der Waals surface area (Å²) in [6.45, 7) is 0.191. The normalized spacial score (nSPS) is 12.2. The number of benzene rings is 1. The van der Waals surface area contributed by atoms with Crippen molar-refractivity contribution >= 4 is 27.0 Å². The molecule has 124 valence electrons. The summed E-state index contributed by atoms with van der Waals surface area (Å²) in [6.07, 6.45) is 3.97. The third-order valence-electron chi connectivity index (χ3n) is 3.34. The monoisotopic (exact) mass is 345 g/mol. The van der Waals surface area contributed by atoms with E-state index in [4.69, 9.17) is 4.42 Å². The molecule has 1 aromatic carbocycles. The molecule has 2 heterocycles. The van der Waals surface area contributed by atoms with Gasteiger partial charge in [-0.15, -0.1) is 0 Å². The Morgan fingerprint density at radius 3 is 2.88 bits per heavy atom. The molecule has 3 aromatic rings. The van der Waals surface area contributed by atoms with E-state index in [9.17, 15) is 13.5 Å². The molecular formula is C16H15N3O4S. The molecule has 0 spiro atoms. The first-order chi connectivity index (χ1) is 11.4. The molecule has 0 aliphatic heterocycles. The average Bonchev–Trinajstić information content (AvgIpc) is 3.00. The smallest absolute Gasteiger partial charge is 0.221 e. The molecule has 0 aliphatic carbocycles. The fourth-order valence-corrected chi connectivity index (χ4v) is 2.58. The van der Waals surface area contributed by atoms with Crippen molar-refractivity contribution in [3.63, 3.8) is 0 Å². The molecule has 0 radical (unpaired) electrons. The van der Waals surface area contributed by atoms with Crippen molar-refractivity contribution in [3.05, 3.63) is 42.4 Å². The Bertz CT molecular complexity index is 1010. The van der Waals surface area contributed by atoms with Gasteiger partial charge < -0.3 is 9.52 Å². The van der Waals surface area contributed by atoms with Crippen LogP contribution < -0.4 is 0 Å². The molecule has 0 aliphatic rings. The second kappa shape index (κ2) is 6.40. The first-order valence-corrected chi connectivity index (χ1v) is 9.20. The van der Waals surface area contributed by atoms with Crippen LogP contribution in [0.2, 0.25) is 0 Å². The van der Waals surface area contributed by atoms with Crippen LogP contribution in [0.5, 0.6) is 5.88 Å². The number of nitrogens with zero attached hydrogens (tertiary/aromatic N) is 3. The Morgan fingerprint density at radius 2 is 2.08 bits per heavy atom. The van der Waals surface area contributed by atoms with E-state index in [-0.39, 0.29) is 18.2 Å². The lowest BCUT2D eigenvalue weighted by molar-refractivity contribution is 0.459. The van der Waals surface area contributed by atoms with E-state index < -0.39 is 9.84 Å². The number of hydrogen-bond donors (Lipinski definition) is 1. The van der Waals surface area contributed by atoms with Crippen LogP contribution in [-0.4, -0.2) is 48.3 Å². The Morgan fingerprint density at radius 1 is 1.25 bits per heavy atom. The molecule has 0 fully saturated rings. The molecule has 1 N–H and O–H groups in total. The van der Waals surface area contributed by atoms with Gasteiger partial charge in [0.25, 0.3) is 0 Å². The van der Waals surface area contributed by atoms with Gasteiger partial charge in [-0.05, 0) is 30.3 Å². The SMILES string of the molecule is CS(=O)(=O)CC/N=C/c1ccc(-c2ccc3ncnc(O)c3c2)o1. The van der Waals surface area contributed by atoms with Crippen molar-refractivity contribution in [2.24, 2.45) is 4.99 Å². The first kappa shape index (κ1) is 16.1. The summed E-state index contributed by atoms with van der Waals surface area (Å²) in [5, 5.41) is 10.3. The number of hydrogen-bond acceptors (Lipinski definition) is 7. The van der Waals surface area contributed by atoms with Crippen molar-refractivity contribution < 1.29 is 17.9 Å². The molecule has 3 rings (SSSR count). The van der Waals surface area contributed by atoms with Gasteiger partial charge in [-0.25, -0.2) is 18.4 Å². The van der Waals surface area contributed by atoms with E-state index in [0.717, 1.165) is 5.56 Å². The summed E-state index contributed by atoms with van der Waals surface area (Å²) in [5.41, 5.74) is 1.41. The number of fused-ring (bicyclic) bond motifs is 1. The van der Waals surface area contributed by atoms with Crippen molar-refractivity contribution in [2.45, 2.75) is 0 Å². The molecule has 0 saturated carbocycles. The number of aliphatic imine (C=N–C) groups is 1. The summed E-state index contributed by atoms with van der Waals surface area (Å²) in [4.78, 5) is 11.9.